The molecule has 39 heavy (non-hydrogen) atoms. The highest BCUT2D eigenvalue weighted by atomic mass is 14.7. The lowest BCUT2D eigenvalue weighted by molar-refractivity contribution is 1.27. The average molecular weight is 508 g/mol. The van der Waals surface area contributed by atoms with Crippen LogP contribution in [0.4, 0.5) is 5.69 Å². The first-order chi connectivity index (χ1) is 19.1. The van der Waals surface area contributed by atoms with Gasteiger partial charge in [0.1, 0.15) is 0 Å². The molecule has 0 spiro atoms. The third kappa shape index (κ3) is 6.06. The highest BCUT2D eigenvalue weighted by molar-refractivity contribution is 6.61. The summed E-state index contributed by atoms with van der Waals surface area (Å²) in [5, 5.41) is 16.7. The predicted molar refractivity (Wildman–Crippen MR) is 157 cm³/mol. The molecule has 188 valence electrons. The van der Waals surface area contributed by atoms with Crippen molar-refractivity contribution in [1.82, 2.24) is 19.9 Å². The molecule has 1 aliphatic carbocycles. The summed E-state index contributed by atoms with van der Waals surface area (Å²) in [6.45, 7) is 0. The van der Waals surface area contributed by atoms with Crippen LogP contribution in [0.15, 0.2) is 128 Å². The summed E-state index contributed by atoms with van der Waals surface area (Å²) in [6, 6.07) is 24.9. The molecular weight excluding hydrogens is 482 g/mol. The molecule has 0 radical (unpaired) electrons. The van der Waals surface area contributed by atoms with Crippen molar-refractivity contribution in [3.05, 3.63) is 139 Å². The van der Waals surface area contributed by atoms with Gasteiger partial charge in [0.2, 0.25) is 0 Å². The molecule has 5 aromatic rings. The van der Waals surface area contributed by atoms with Crippen molar-refractivity contribution in [1.29, 1.82) is 10.8 Å². The standard InChI is InChI=1S/C26H18N6.C6H7N/c27-23-12-21(17-5-7-24(31-15-17)19-3-1-9-29-13-19)11-22(26(23)28)18-6-8-25(32-16-18)20-4-2-10-30-14-20;7-6-4-2-1-3-5-6/h1-16,27-28H;1-5H,7H2. The fourth-order valence-corrected chi connectivity index (χ4v) is 3.98. The zero-order valence-electron chi connectivity index (χ0n) is 21.0. The third-order valence-electron chi connectivity index (χ3n) is 6.02. The Kier molecular flexibility index (Phi) is 7.51. The van der Waals surface area contributed by atoms with Gasteiger partial charge >= 0.3 is 0 Å². The zero-order valence-corrected chi connectivity index (χ0v) is 21.0. The predicted octanol–water partition coefficient (Wildman–Crippen LogP) is 6.39. The van der Waals surface area contributed by atoms with Gasteiger partial charge in [-0.25, -0.2) is 0 Å². The van der Waals surface area contributed by atoms with E-state index in [1.807, 2.05) is 84.9 Å². The van der Waals surface area contributed by atoms with Gasteiger partial charge in [0.25, 0.3) is 0 Å². The van der Waals surface area contributed by atoms with E-state index < -0.39 is 0 Å². The quantitative estimate of drug-likeness (QED) is 0.192. The number of nitrogens with zero attached hydrogens (tertiary/aromatic N) is 4. The minimum Gasteiger partial charge on any atom is -0.399 e. The molecule has 0 aliphatic heterocycles. The van der Waals surface area contributed by atoms with Gasteiger partial charge < -0.3 is 5.73 Å². The molecular formula is C32H25N7. The summed E-state index contributed by atoms with van der Waals surface area (Å²) >= 11 is 0. The molecule has 0 saturated carbocycles. The number of anilines is 1. The summed E-state index contributed by atoms with van der Waals surface area (Å²) in [7, 11) is 0. The fourth-order valence-electron chi connectivity index (χ4n) is 3.98. The molecule has 4 N–H and O–H groups in total. The molecule has 1 aromatic carbocycles. The van der Waals surface area contributed by atoms with Crippen LogP contribution in [-0.4, -0.2) is 31.4 Å². The van der Waals surface area contributed by atoms with Crippen molar-refractivity contribution in [3.8, 4) is 22.5 Å². The molecule has 0 fully saturated rings. The van der Waals surface area contributed by atoms with Gasteiger partial charge in [0.15, 0.2) is 0 Å². The molecule has 4 heterocycles. The van der Waals surface area contributed by atoms with Gasteiger partial charge in [0, 0.05) is 70.7 Å². The highest BCUT2D eigenvalue weighted by Gasteiger charge is 2.19. The van der Waals surface area contributed by atoms with Gasteiger partial charge in [-0.15, -0.1) is 0 Å². The lowest BCUT2D eigenvalue weighted by Crippen LogP contribution is -2.16. The maximum atomic E-state index is 8.41. The third-order valence-corrected chi connectivity index (χ3v) is 6.02. The molecule has 0 unspecified atom stereocenters. The van der Waals surface area contributed by atoms with Crippen molar-refractivity contribution in [2.45, 2.75) is 0 Å². The van der Waals surface area contributed by atoms with E-state index in [1.165, 1.54) is 0 Å². The highest BCUT2D eigenvalue weighted by Crippen LogP contribution is 2.29. The first-order valence-electron chi connectivity index (χ1n) is 12.2. The lowest BCUT2D eigenvalue weighted by atomic mass is 9.89. The number of nitrogens with one attached hydrogen (secondary N) is 2. The first-order valence-corrected chi connectivity index (χ1v) is 12.2. The second-order valence-electron chi connectivity index (χ2n) is 8.70. The fraction of sp³-hybridized carbons (Fsp3) is 0. The number of allylic oxidation sites excluding steroid dienone is 4. The van der Waals surface area contributed by atoms with E-state index in [0.717, 1.165) is 44.9 Å². The van der Waals surface area contributed by atoms with Crippen LogP contribution in [0.3, 0.4) is 0 Å². The van der Waals surface area contributed by atoms with Gasteiger partial charge in [-0.1, -0.05) is 30.3 Å². The van der Waals surface area contributed by atoms with Crippen LogP contribution in [0.2, 0.25) is 0 Å². The van der Waals surface area contributed by atoms with Crippen LogP contribution < -0.4 is 5.73 Å². The number of nitrogen functional groups attached to an aromatic ring is 1. The second-order valence-corrected chi connectivity index (χ2v) is 8.70. The molecule has 0 saturated heterocycles. The Hall–Kier alpha value is -5.56. The monoisotopic (exact) mass is 507 g/mol. The lowest BCUT2D eigenvalue weighted by Gasteiger charge is -2.16. The summed E-state index contributed by atoms with van der Waals surface area (Å²) in [6.07, 6.45) is 14.1. The molecule has 6 rings (SSSR count). The van der Waals surface area contributed by atoms with E-state index in [0.29, 0.717) is 5.57 Å². The minimum atomic E-state index is 0.158. The smallest absolute Gasteiger partial charge is 0.0868 e. The number of hydrogen-bond donors (Lipinski definition) is 3. The van der Waals surface area contributed by atoms with Crippen molar-refractivity contribution in [3.63, 3.8) is 0 Å². The van der Waals surface area contributed by atoms with Crippen molar-refractivity contribution < 1.29 is 0 Å². The largest absolute Gasteiger partial charge is 0.399 e. The molecule has 7 nitrogen and oxygen atoms in total. The number of aromatic nitrogens is 4. The summed E-state index contributed by atoms with van der Waals surface area (Å²) in [5.41, 5.74) is 13.2. The summed E-state index contributed by atoms with van der Waals surface area (Å²) < 4.78 is 0. The van der Waals surface area contributed by atoms with E-state index in [1.54, 1.807) is 43.3 Å². The maximum Gasteiger partial charge on any atom is 0.0868 e. The first kappa shape index (κ1) is 25.1. The van der Waals surface area contributed by atoms with Crippen LogP contribution in [0.1, 0.15) is 11.1 Å². The van der Waals surface area contributed by atoms with E-state index in [2.05, 4.69) is 19.9 Å². The van der Waals surface area contributed by atoms with Crippen LogP contribution in [0.25, 0.3) is 33.7 Å². The van der Waals surface area contributed by atoms with Crippen LogP contribution in [0.5, 0.6) is 0 Å². The SMILES string of the molecule is N=C1C=C(c2ccc(-c3cccnc3)nc2)C=C(c2ccc(-c3cccnc3)nc2)C1=N.Nc1ccccc1. The van der Waals surface area contributed by atoms with Crippen LogP contribution >= 0.6 is 0 Å². The molecule has 0 bridgehead atoms. The number of nitrogens with two attached hydrogens (primary N) is 1. The van der Waals surface area contributed by atoms with Gasteiger partial charge in [-0.2, -0.15) is 0 Å². The normalized spacial score (nSPS) is 12.6. The molecule has 0 atom stereocenters. The number of para-hydroxylation sites is 1. The van der Waals surface area contributed by atoms with Gasteiger partial charge in [0.05, 0.1) is 22.8 Å². The summed E-state index contributed by atoms with van der Waals surface area (Å²) in [5.74, 6) is 0. The Morgan fingerprint density at radius 2 is 1.13 bits per heavy atom. The molecule has 0 amide bonds. The second kappa shape index (κ2) is 11.7. The summed E-state index contributed by atoms with van der Waals surface area (Å²) in [4.78, 5) is 17.4. The zero-order chi connectivity index (χ0) is 27.0. The number of hydrogen-bond acceptors (Lipinski definition) is 7. The van der Waals surface area contributed by atoms with E-state index in [-0.39, 0.29) is 11.4 Å². The number of benzene rings is 1. The Labute approximate surface area is 226 Å². The van der Waals surface area contributed by atoms with E-state index in [9.17, 15) is 0 Å². The van der Waals surface area contributed by atoms with Crippen LogP contribution in [0, 0.1) is 10.8 Å². The minimum absolute atomic E-state index is 0.158. The Morgan fingerprint density at radius 3 is 1.59 bits per heavy atom. The Balaban J connectivity index is 0.000000384. The topological polar surface area (TPSA) is 125 Å². The maximum absolute atomic E-state index is 8.41. The number of pyridine rings is 4. The Bertz CT molecular complexity index is 1640. The Morgan fingerprint density at radius 1 is 0.538 bits per heavy atom. The van der Waals surface area contributed by atoms with E-state index in [4.69, 9.17) is 16.6 Å². The van der Waals surface area contributed by atoms with Crippen molar-refractivity contribution in [2.24, 2.45) is 0 Å². The van der Waals surface area contributed by atoms with Crippen molar-refractivity contribution >= 4 is 28.3 Å². The molecule has 7 heteroatoms. The van der Waals surface area contributed by atoms with Gasteiger partial charge in [-0.3, -0.25) is 30.8 Å². The van der Waals surface area contributed by atoms with Gasteiger partial charge in [-0.05, 0) is 66.3 Å². The molecule has 4 aromatic heterocycles. The average Bonchev–Trinajstić information content (AvgIpc) is 3.00. The molecule has 1 aliphatic rings. The van der Waals surface area contributed by atoms with Crippen molar-refractivity contribution in [2.75, 3.05) is 5.73 Å². The van der Waals surface area contributed by atoms with Crippen LogP contribution in [-0.2, 0) is 0 Å². The number of rotatable bonds is 4. The van der Waals surface area contributed by atoms with E-state index >= 15 is 0 Å².